The Hall–Kier alpha value is -1.40. The average molecular weight is 276 g/mol. The predicted octanol–water partition coefficient (Wildman–Crippen LogP) is 1.78. The first-order valence-electron chi connectivity index (χ1n) is 5.76. The van der Waals surface area contributed by atoms with Gasteiger partial charge in [0, 0.05) is 11.5 Å². The lowest BCUT2D eigenvalue weighted by molar-refractivity contribution is -0.243. The molecule has 112 valence electrons. The van der Waals surface area contributed by atoms with Crippen LogP contribution in [-0.4, -0.2) is 35.5 Å². The Kier molecular flexibility index (Phi) is 9.08. The van der Waals surface area contributed by atoms with E-state index < -0.39 is 17.4 Å². The quantitative estimate of drug-likeness (QED) is 0.352. The van der Waals surface area contributed by atoms with E-state index in [1.165, 1.54) is 0 Å². The molecule has 6 nitrogen and oxygen atoms in total. The molecule has 0 fully saturated rings. The molecular formula is C13H24O6. The van der Waals surface area contributed by atoms with Gasteiger partial charge in [-0.3, -0.25) is 0 Å². The maximum atomic E-state index is 10.6. The minimum Gasteiger partial charge on any atom is -0.462 e. The molecule has 0 aromatic carbocycles. The standard InChI is InChI=1S/C8H14O3.C5H10O3/c1-4-7(10)11-6-8(2,3)5-9;1-5(2,3)4(6)8-7/h4,9H,1,5-6H2,2-3H3;7H,1-3H3. The normalized spacial score (nSPS) is 10.9. The summed E-state index contributed by atoms with van der Waals surface area (Å²) in [5, 5.41) is 16.6. The Labute approximate surface area is 114 Å². The van der Waals surface area contributed by atoms with E-state index in [1.54, 1.807) is 20.8 Å². The van der Waals surface area contributed by atoms with Crippen molar-refractivity contribution in [2.24, 2.45) is 10.8 Å². The molecule has 0 rings (SSSR count). The third-order valence-electron chi connectivity index (χ3n) is 1.90. The molecule has 0 saturated heterocycles. The van der Waals surface area contributed by atoms with Crippen LogP contribution in [0.5, 0.6) is 0 Å². The monoisotopic (exact) mass is 276 g/mol. The van der Waals surface area contributed by atoms with Gasteiger partial charge in [0.1, 0.15) is 0 Å². The minimum absolute atomic E-state index is 0.00256. The van der Waals surface area contributed by atoms with Crippen molar-refractivity contribution in [3.63, 3.8) is 0 Å². The van der Waals surface area contributed by atoms with Crippen LogP contribution in [0.1, 0.15) is 34.6 Å². The summed E-state index contributed by atoms with van der Waals surface area (Å²) in [6.45, 7) is 12.1. The van der Waals surface area contributed by atoms with Crippen LogP contribution in [0.4, 0.5) is 0 Å². The molecule has 0 bridgehead atoms. The van der Waals surface area contributed by atoms with Crippen LogP contribution in [0.25, 0.3) is 0 Å². The van der Waals surface area contributed by atoms with Crippen molar-refractivity contribution in [2.75, 3.05) is 13.2 Å². The summed E-state index contributed by atoms with van der Waals surface area (Å²) in [5.41, 5.74) is -0.965. The zero-order chi connectivity index (χ0) is 15.7. The number of aliphatic hydroxyl groups excluding tert-OH is 1. The van der Waals surface area contributed by atoms with Crippen molar-refractivity contribution in [2.45, 2.75) is 34.6 Å². The molecule has 0 amide bonds. The molecule has 0 radical (unpaired) electrons. The number of carbonyl (C=O) groups is 2. The van der Waals surface area contributed by atoms with Gasteiger partial charge < -0.3 is 14.7 Å². The topological polar surface area (TPSA) is 93.1 Å². The van der Waals surface area contributed by atoms with Gasteiger partial charge in [-0.05, 0) is 20.8 Å². The van der Waals surface area contributed by atoms with Crippen molar-refractivity contribution in [1.29, 1.82) is 0 Å². The largest absolute Gasteiger partial charge is 0.462 e. The second-order valence-corrected chi connectivity index (χ2v) is 5.76. The Morgan fingerprint density at radius 2 is 1.68 bits per heavy atom. The fourth-order valence-electron chi connectivity index (χ4n) is 0.508. The lowest BCUT2D eigenvalue weighted by atomic mass is 9.97. The summed E-state index contributed by atoms with van der Waals surface area (Å²) in [6.07, 6.45) is 1.10. The van der Waals surface area contributed by atoms with Gasteiger partial charge in [0.2, 0.25) is 0 Å². The number of esters is 1. The molecule has 0 aliphatic heterocycles. The fraction of sp³-hybridized carbons (Fsp3) is 0.692. The lowest BCUT2D eigenvalue weighted by Gasteiger charge is -2.20. The first kappa shape index (κ1) is 19.9. The Morgan fingerprint density at radius 1 is 1.21 bits per heavy atom. The summed E-state index contributed by atoms with van der Waals surface area (Å²) in [6, 6.07) is 0. The first-order chi connectivity index (χ1) is 8.50. The van der Waals surface area contributed by atoms with Crippen molar-refractivity contribution < 1.29 is 29.6 Å². The van der Waals surface area contributed by atoms with E-state index in [0.29, 0.717) is 0 Å². The van der Waals surface area contributed by atoms with Crippen molar-refractivity contribution in [1.82, 2.24) is 0 Å². The van der Waals surface area contributed by atoms with Gasteiger partial charge in [0.05, 0.1) is 18.6 Å². The smallest absolute Gasteiger partial charge is 0.347 e. The molecule has 0 aliphatic rings. The van der Waals surface area contributed by atoms with E-state index in [0.717, 1.165) is 6.08 Å². The molecule has 6 heteroatoms. The Balaban J connectivity index is 0. The van der Waals surface area contributed by atoms with Gasteiger partial charge in [-0.25, -0.2) is 9.59 Å². The molecule has 0 aromatic heterocycles. The highest BCUT2D eigenvalue weighted by Gasteiger charge is 2.22. The Morgan fingerprint density at radius 3 is 1.89 bits per heavy atom. The summed E-state index contributed by atoms with van der Waals surface area (Å²) < 4.78 is 4.73. The third-order valence-corrected chi connectivity index (χ3v) is 1.90. The highest BCUT2D eigenvalue weighted by Crippen LogP contribution is 2.14. The van der Waals surface area contributed by atoms with Crippen molar-refractivity contribution in [3.8, 4) is 0 Å². The van der Waals surface area contributed by atoms with Gasteiger partial charge in [-0.2, -0.15) is 5.26 Å². The van der Waals surface area contributed by atoms with Gasteiger partial charge in [-0.15, -0.1) is 0 Å². The second-order valence-electron chi connectivity index (χ2n) is 5.76. The van der Waals surface area contributed by atoms with E-state index in [2.05, 4.69) is 11.5 Å². The van der Waals surface area contributed by atoms with Crippen LogP contribution < -0.4 is 0 Å². The highest BCUT2D eigenvalue weighted by atomic mass is 17.1. The van der Waals surface area contributed by atoms with Crippen molar-refractivity contribution in [3.05, 3.63) is 12.7 Å². The van der Waals surface area contributed by atoms with Crippen LogP contribution in [-0.2, 0) is 19.2 Å². The van der Waals surface area contributed by atoms with Crippen LogP contribution in [0.15, 0.2) is 12.7 Å². The second kappa shape index (κ2) is 8.66. The van der Waals surface area contributed by atoms with E-state index in [4.69, 9.17) is 15.1 Å². The van der Waals surface area contributed by atoms with E-state index in [9.17, 15) is 9.59 Å². The van der Waals surface area contributed by atoms with E-state index in [1.807, 2.05) is 13.8 Å². The van der Waals surface area contributed by atoms with E-state index in [-0.39, 0.29) is 18.6 Å². The highest BCUT2D eigenvalue weighted by molar-refractivity contribution is 5.81. The predicted molar refractivity (Wildman–Crippen MR) is 70.2 cm³/mol. The summed E-state index contributed by atoms with van der Waals surface area (Å²) in [4.78, 5) is 24.4. The van der Waals surface area contributed by atoms with Crippen LogP contribution in [0, 0.1) is 10.8 Å². The molecule has 0 heterocycles. The number of carbonyl (C=O) groups excluding carboxylic acids is 2. The molecular weight excluding hydrogens is 252 g/mol. The van der Waals surface area contributed by atoms with Crippen LogP contribution in [0.3, 0.4) is 0 Å². The molecule has 0 unspecified atom stereocenters. The lowest BCUT2D eigenvalue weighted by Crippen LogP contribution is -2.24. The van der Waals surface area contributed by atoms with Crippen LogP contribution in [0.2, 0.25) is 0 Å². The summed E-state index contributed by atoms with van der Waals surface area (Å²) in [7, 11) is 0. The number of aliphatic hydroxyl groups is 1. The van der Waals surface area contributed by atoms with Gasteiger partial charge in [0.15, 0.2) is 0 Å². The molecule has 0 aromatic rings. The summed E-state index contributed by atoms with van der Waals surface area (Å²) >= 11 is 0. The third kappa shape index (κ3) is 11.4. The molecule has 0 atom stereocenters. The molecule has 0 aliphatic carbocycles. The molecule has 2 N–H and O–H groups in total. The van der Waals surface area contributed by atoms with Gasteiger partial charge in [0.25, 0.3) is 0 Å². The molecule has 0 saturated carbocycles. The molecule has 0 spiro atoms. The zero-order valence-corrected chi connectivity index (χ0v) is 12.2. The average Bonchev–Trinajstić information content (AvgIpc) is 2.34. The molecule has 19 heavy (non-hydrogen) atoms. The number of rotatable bonds is 4. The number of hydrogen-bond acceptors (Lipinski definition) is 6. The maximum Gasteiger partial charge on any atom is 0.347 e. The number of ether oxygens (including phenoxy) is 1. The first-order valence-corrected chi connectivity index (χ1v) is 5.76. The van der Waals surface area contributed by atoms with Gasteiger partial charge in [-0.1, -0.05) is 20.4 Å². The van der Waals surface area contributed by atoms with Crippen molar-refractivity contribution >= 4 is 11.9 Å². The summed E-state index contributed by atoms with van der Waals surface area (Å²) in [5.74, 6) is -1.07. The van der Waals surface area contributed by atoms with E-state index >= 15 is 0 Å². The number of hydrogen-bond donors (Lipinski definition) is 2. The fourth-order valence-corrected chi connectivity index (χ4v) is 0.508. The Bertz CT molecular complexity index is 301. The van der Waals surface area contributed by atoms with Gasteiger partial charge >= 0.3 is 11.9 Å². The SMILES string of the molecule is C=CC(=O)OCC(C)(C)CO.CC(C)(C)C(=O)OO. The van der Waals surface area contributed by atoms with Crippen LogP contribution >= 0.6 is 0 Å². The zero-order valence-electron chi connectivity index (χ0n) is 12.2. The maximum absolute atomic E-state index is 10.6. The minimum atomic E-state index is -0.613.